The molecule has 1 aliphatic rings. The van der Waals surface area contributed by atoms with E-state index < -0.39 is 0 Å². The van der Waals surface area contributed by atoms with Crippen LogP contribution in [-0.2, 0) is 9.59 Å². The fourth-order valence-electron chi connectivity index (χ4n) is 2.17. The van der Waals surface area contributed by atoms with Gasteiger partial charge >= 0.3 is 0 Å². The molecule has 124 valence electrons. The van der Waals surface area contributed by atoms with Gasteiger partial charge in [0, 0.05) is 10.7 Å². The van der Waals surface area contributed by atoms with Crippen LogP contribution in [0.2, 0.25) is 5.02 Å². The van der Waals surface area contributed by atoms with Crippen LogP contribution in [0.5, 0.6) is 11.5 Å². The van der Waals surface area contributed by atoms with Crippen molar-refractivity contribution in [1.29, 1.82) is 0 Å². The van der Waals surface area contributed by atoms with E-state index in [-0.39, 0.29) is 18.4 Å². The fraction of sp³-hybridized carbons (Fsp3) is 0.176. The first-order valence-electron chi connectivity index (χ1n) is 7.35. The maximum Gasteiger partial charge on any atom is 0.262 e. The van der Waals surface area contributed by atoms with Crippen molar-refractivity contribution in [2.45, 2.75) is 6.42 Å². The Kier molecular flexibility index (Phi) is 4.86. The molecule has 0 fully saturated rings. The molecule has 1 aliphatic heterocycles. The molecule has 0 atom stereocenters. The third-order valence-electron chi connectivity index (χ3n) is 3.31. The molecular weight excluding hydrogens is 332 g/mol. The van der Waals surface area contributed by atoms with Crippen LogP contribution in [0.3, 0.4) is 0 Å². The molecular formula is C17H15ClN2O4. The van der Waals surface area contributed by atoms with E-state index in [1.54, 1.807) is 42.5 Å². The van der Waals surface area contributed by atoms with E-state index in [4.69, 9.17) is 21.1 Å². The minimum Gasteiger partial charge on any atom is -0.491 e. The quantitative estimate of drug-likeness (QED) is 0.892. The minimum atomic E-state index is -0.314. The Hall–Kier alpha value is -2.73. The van der Waals surface area contributed by atoms with Crippen LogP contribution in [0.4, 0.5) is 11.4 Å². The van der Waals surface area contributed by atoms with Crippen LogP contribution in [0, 0.1) is 0 Å². The summed E-state index contributed by atoms with van der Waals surface area (Å²) < 4.78 is 10.8. The van der Waals surface area contributed by atoms with E-state index in [0.717, 1.165) is 0 Å². The molecule has 3 rings (SSSR count). The molecule has 2 aromatic rings. The molecule has 2 amide bonds. The van der Waals surface area contributed by atoms with Gasteiger partial charge in [-0.2, -0.15) is 0 Å². The summed E-state index contributed by atoms with van der Waals surface area (Å²) in [5.74, 6) is 0.697. The number of carbonyl (C=O) groups is 2. The first-order valence-corrected chi connectivity index (χ1v) is 7.73. The standard InChI is InChI=1S/C17H15ClN2O4/c18-11-1-4-13(5-2-11)24-10-17(22)19-12-3-6-15-14(9-12)20-16(21)7-8-23-15/h1-6,9H,7-8,10H2,(H,19,22)(H,20,21). The summed E-state index contributed by atoms with van der Waals surface area (Å²) in [6.45, 7) is 0.195. The van der Waals surface area contributed by atoms with Crippen LogP contribution in [0.15, 0.2) is 42.5 Å². The number of benzene rings is 2. The average Bonchev–Trinajstić information content (AvgIpc) is 2.74. The fourth-order valence-corrected chi connectivity index (χ4v) is 2.30. The predicted molar refractivity (Wildman–Crippen MR) is 90.8 cm³/mol. The number of carbonyl (C=O) groups excluding carboxylic acids is 2. The zero-order chi connectivity index (χ0) is 16.9. The molecule has 0 unspecified atom stereocenters. The van der Waals surface area contributed by atoms with Crippen molar-refractivity contribution in [3.63, 3.8) is 0 Å². The molecule has 6 nitrogen and oxygen atoms in total. The van der Waals surface area contributed by atoms with Crippen molar-refractivity contribution >= 4 is 34.8 Å². The molecule has 0 radical (unpaired) electrons. The highest BCUT2D eigenvalue weighted by atomic mass is 35.5. The topological polar surface area (TPSA) is 76.7 Å². The number of halogens is 1. The summed E-state index contributed by atoms with van der Waals surface area (Å²) in [5.41, 5.74) is 1.08. The molecule has 1 heterocycles. The smallest absolute Gasteiger partial charge is 0.262 e. The molecule has 2 aromatic carbocycles. The van der Waals surface area contributed by atoms with E-state index in [0.29, 0.717) is 40.9 Å². The van der Waals surface area contributed by atoms with Crippen LogP contribution >= 0.6 is 11.6 Å². The van der Waals surface area contributed by atoms with Gasteiger partial charge in [0.05, 0.1) is 18.7 Å². The second-order valence-electron chi connectivity index (χ2n) is 5.15. The number of ether oxygens (including phenoxy) is 2. The molecule has 0 spiro atoms. The lowest BCUT2D eigenvalue weighted by Crippen LogP contribution is -2.20. The second kappa shape index (κ2) is 7.23. The van der Waals surface area contributed by atoms with Crippen molar-refractivity contribution < 1.29 is 19.1 Å². The monoisotopic (exact) mass is 346 g/mol. The van der Waals surface area contributed by atoms with Gasteiger partial charge in [0.25, 0.3) is 5.91 Å². The highest BCUT2D eigenvalue weighted by Crippen LogP contribution is 2.30. The summed E-state index contributed by atoms with van der Waals surface area (Å²) in [5, 5.41) is 6.05. The number of amides is 2. The van der Waals surface area contributed by atoms with Crippen molar-refractivity contribution in [3.05, 3.63) is 47.5 Å². The Morgan fingerprint density at radius 1 is 1.25 bits per heavy atom. The normalized spacial score (nSPS) is 13.1. The van der Waals surface area contributed by atoms with Gasteiger partial charge in [-0.15, -0.1) is 0 Å². The van der Waals surface area contributed by atoms with E-state index >= 15 is 0 Å². The molecule has 0 aliphatic carbocycles. The van der Waals surface area contributed by atoms with E-state index in [1.807, 2.05) is 0 Å². The molecule has 0 saturated heterocycles. The zero-order valence-corrected chi connectivity index (χ0v) is 13.4. The molecule has 0 saturated carbocycles. The maximum absolute atomic E-state index is 12.0. The van der Waals surface area contributed by atoms with Crippen molar-refractivity contribution in [2.24, 2.45) is 0 Å². The maximum atomic E-state index is 12.0. The largest absolute Gasteiger partial charge is 0.491 e. The summed E-state index contributed by atoms with van der Waals surface area (Å²) >= 11 is 5.79. The van der Waals surface area contributed by atoms with Crippen LogP contribution < -0.4 is 20.1 Å². The summed E-state index contributed by atoms with van der Waals surface area (Å²) in [4.78, 5) is 23.5. The van der Waals surface area contributed by atoms with Gasteiger partial charge in [-0.1, -0.05) is 11.6 Å². The number of fused-ring (bicyclic) bond motifs is 1. The number of rotatable bonds is 4. The molecule has 7 heteroatoms. The first kappa shape index (κ1) is 16.1. The lowest BCUT2D eigenvalue weighted by atomic mass is 10.2. The van der Waals surface area contributed by atoms with Crippen LogP contribution in [0.1, 0.15) is 6.42 Å². The van der Waals surface area contributed by atoms with Crippen molar-refractivity contribution in [1.82, 2.24) is 0 Å². The van der Waals surface area contributed by atoms with Gasteiger partial charge in [-0.05, 0) is 42.5 Å². The third kappa shape index (κ3) is 4.17. The molecule has 0 bridgehead atoms. The van der Waals surface area contributed by atoms with Gasteiger partial charge in [0.15, 0.2) is 6.61 Å². The molecule has 24 heavy (non-hydrogen) atoms. The van der Waals surface area contributed by atoms with Crippen LogP contribution in [0.25, 0.3) is 0 Å². The summed E-state index contributed by atoms with van der Waals surface area (Å²) in [6.07, 6.45) is 0.297. The van der Waals surface area contributed by atoms with E-state index in [2.05, 4.69) is 10.6 Å². The lowest BCUT2D eigenvalue weighted by molar-refractivity contribution is -0.118. The number of hydrogen-bond donors (Lipinski definition) is 2. The number of nitrogens with one attached hydrogen (secondary N) is 2. The minimum absolute atomic E-state index is 0.122. The number of anilines is 2. The van der Waals surface area contributed by atoms with E-state index in [1.165, 1.54) is 0 Å². The highest BCUT2D eigenvalue weighted by Gasteiger charge is 2.14. The summed E-state index contributed by atoms with van der Waals surface area (Å²) in [7, 11) is 0. The van der Waals surface area contributed by atoms with Gasteiger partial charge in [0.2, 0.25) is 5.91 Å². The Balaban J connectivity index is 1.60. The van der Waals surface area contributed by atoms with Crippen LogP contribution in [-0.4, -0.2) is 25.0 Å². The van der Waals surface area contributed by atoms with Gasteiger partial charge < -0.3 is 20.1 Å². The Morgan fingerprint density at radius 3 is 2.83 bits per heavy atom. The Bertz CT molecular complexity index is 762. The second-order valence-corrected chi connectivity index (χ2v) is 5.58. The Labute approximate surface area is 143 Å². The molecule has 2 N–H and O–H groups in total. The average molecular weight is 347 g/mol. The van der Waals surface area contributed by atoms with Crippen molar-refractivity contribution in [2.75, 3.05) is 23.8 Å². The Morgan fingerprint density at radius 2 is 2.04 bits per heavy atom. The summed E-state index contributed by atoms with van der Waals surface area (Å²) in [6, 6.07) is 11.8. The SMILES string of the molecule is O=C(COc1ccc(Cl)cc1)Nc1ccc2c(c1)NC(=O)CCO2. The van der Waals surface area contributed by atoms with Gasteiger partial charge in [-0.3, -0.25) is 9.59 Å². The van der Waals surface area contributed by atoms with Crippen molar-refractivity contribution in [3.8, 4) is 11.5 Å². The van der Waals surface area contributed by atoms with Gasteiger partial charge in [0.1, 0.15) is 11.5 Å². The zero-order valence-electron chi connectivity index (χ0n) is 12.7. The highest BCUT2D eigenvalue weighted by molar-refractivity contribution is 6.30. The third-order valence-corrected chi connectivity index (χ3v) is 3.56. The predicted octanol–water partition coefficient (Wildman–Crippen LogP) is 3.08. The molecule has 0 aromatic heterocycles. The lowest BCUT2D eigenvalue weighted by Gasteiger charge is -2.11. The first-order chi connectivity index (χ1) is 11.6. The number of hydrogen-bond acceptors (Lipinski definition) is 4. The van der Waals surface area contributed by atoms with E-state index in [9.17, 15) is 9.59 Å². The van der Waals surface area contributed by atoms with Gasteiger partial charge in [-0.25, -0.2) is 0 Å².